The van der Waals surface area contributed by atoms with Crippen molar-refractivity contribution in [3.63, 3.8) is 0 Å². The summed E-state index contributed by atoms with van der Waals surface area (Å²) in [5, 5.41) is 2.94. The van der Waals surface area contributed by atoms with E-state index in [0.717, 1.165) is 26.8 Å². The molecule has 9 heteroatoms. The van der Waals surface area contributed by atoms with Crippen LogP contribution >= 0.6 is 22.9 Å². The summed E-state index contributed by atoms with van der Waals surface area (Å²) in [5.41, 5.74) is 13.0. The van der Waals surface area contributed by atoms with E-state index in [-0.39, 0.29) is 29.9 Å². The third-order valence-corrected chi connectivity index (χ3v) is 8.90. The Bertz CT molecular complexity index is 1560. The Balaban J connectivity index is 1.33. The minimum Gasteiger partial charge on any atom is -0.370 e. The molecular formula is C32H34ClN5O2S. The van der Waals surface area contributed by atoms with Gasteiger partial charge in [-0.1, -0.05) is 66.2 Å². The molecule has 41 heavy (non-hydrogen) atoms. The summed E-state index contributed by atoms with van der Waals surface area (Å²) in [6.07, 6.45) is 1.71. The molecule has 0 aliphatic carbocycles. The van der Waals surface area contributed by atoms with Gasteiger partial charge in [0.15, 0.2) is 5.96 Å². The smallest absolute Gasteiger partial charge is 0.264 e. The summed E-state index contributed by atoms with van der Waals surface area (Å²) in [7, 11) is 0. The molecule has 4 N–H and O–H groups in total. The van der Waals surface area contributed by atoms with E-state index in [1.807, 2.05) is 71.3 Å². The first-order valence-electron chi connectivity index (χ1n) is 13.8. The van der Waals surface area contributed by atoms with Gasteiger partial charge in [-0.25, -0.2) is 0 Å². The Morgan fingerprint density at radius 1 is 0.951 bits per heavy atom. The van der Waals surface area contributed by atoms with E-state index in [9.17, 15) is 9.59 Å². The molecule has 2 unspecified atom stereocenters. The lowest BCUT2D eigenvalue weighted by atomic mass is 10.00. The average Bonchev–Trinajstić information content (AvgIpc) is 3.46. The molecule has 1 fully saturated rings. The zero-order valence-electron chi connectivity index (χ0n) is 23.0. The maximum atomic E-state index is 13.8. The molecule has 5 rings (SSSR count). The van der Waals surface area contributed by atoms with Crippen LogP contribution in [-0.2, 0) is 11.2 Å². The summed E-state index contributed by atoms with van der Waals surface area (Å²) in [5.74, 6) is 0.0986. The number of hydrogen-bond acceptors (Lipinski definition) is 4. The molecule has 0 saturated carbocycles. The first-order chi connectivity index (χ1) is 19.8. The lowest BCUT2D eigenvalue weighted by Gasteiger charge is -2.45. The van der Waals surface area contributed by atoms with Gasteiger partial charge in [-0.15, -0.1) is 11.3 Å². The Hall–Kier alpha value is -3.88. The summed E-state index contributed by atoms with van der Waals surface area (Å²) >= 11 is 7.52. The lowest BCUT2D eigenvalue weighted by Crippen LogP contribution is -2.60. The third-order valence-electron chi connectivity index (χ3n) is 7.53. The Morgan fingerprint density at radius 2 is 1.71 bits per heavy atom. The number of hydrogen-bond donors (Lipinski definition) is 2. The zero-order chi connectivity index (χ0) is 28.9. The van der Waals surface area contributed by atoms with Crippen LogP contribution in [0, 0.1) is 0 Å². The zero-order valence-corrected chi connectivity index (χ0v) is 24.6. The van der Waals surface area contributed by atoms with Gasteiger partial charge in [-0.05, 0) is 65.9 Å². The minimum absolute atomic E-state index is 0.0180. The maximum Gasteiger partial charge on any atom is 0.264 e. The number of fused-ring (bicyclic) bond motifs is 1. The fourth-order valence-corrected chi connectivity index (χ4v) is 6.50. The number of benzene rings is 3. The summed E-state index contributed by atoms with van der Waals surface area (Å²) < 4.78 is 0. The molecule has 0 radical (unpaired) electrons. The van der Waals surface area contributed by atoms with Gasteiger partial charge in [0.2, 0.25) is 5.91 Å². The quantitative estimate of drug-likeness (QED) is 0.160. The van der Waals surface area contributed by atoms with Crippen molar-refractivity contribution in [3.05, 3.63) is 94.3 Å². The topological polar surface area (TPSA) is 105 Å². The van der Waals surface area contributed by atoms with E-state index in [1.165, 1.54) is 11.3 Å². The molecule has 212 valence electrons. The van der Waals surface area contributed by atoms with Gasteiger partial charge in [0.25, 0.3) is 5.91 Å². The molecule has 1 saturated heterocycles. The molecule has 2 heterocycles. The number of halogens is 1. The number of carbonyl (C=O) groups excluding carboxylic acids is 2. The summed E-state index contributed by atoms with van der Waals surface area (Å²) in [6.45, 7) is 3.42. The standard InChI is InChI=1S/C32H34ClN5O2S/c1-21-19-38(31(40)29-15-14-28(41-29)24-10-12-26(33)13-11-24)27(7-4-16-36-32(34)35)20-37(21)30(39)18-22-8-9-23-5-2-3-6-25(23)17-22/h2-3,5-6,8-15,17,21,27H,4,7,16,18-20H2,1H3,(H4,34,35,36). The van der Waals surface area contributed by atoms with Crippen LogP contribution in [0.2, 0.25) is 5.02 Å². The van der Waals surface area contributed by atoms with Crippen LogP contribution in [-0.4, -0.2) is 59.3 Å². The van der Waals surface area contributed by atoms with Crippen molar-refractivity contribution in [1.29, 1.82) is 0 Å². The highest BCUT2D eigenvalue weighted by molar-refractivity contribution is 7.17. The number of amides is 2. The predicted molar refractivity (Wildman–Crippen MR) is 168 cm³/mol. The molecule has 1 aromatic heterocycles. The van der Waals surface area contributed by atoms with E-state index in [1.54, 1.807) is 0 Å². The number of nitrogens with two attached hydrogens (primary N) is 2. The number of aliphatic imine (C=N–C) groups is 1. The normalized spacial score (nSPS) is 17.0. The van der Waals surface area contributed by atoms with Gasteiger partial charge < -0.3 is 21.3 Å². The van der Waals surface area contributed by atoms with Crippen LogP contribution in [0.5, 0.6) is 0 Å². The summed E-state index contributed by atoms with van der Waals surface area (Å²) in [4.78, 5) is 37.0. The second-order valence-electron chi connectivity index (χ2n) is 10.5. The average molecular weight is 588 g/mol. The predicted octanol–water partition coefficient (Wildman–Crippen LogP) is 5.56. The number of nitrogens with zero attached hydrogens (tertiary/aromatic N) is 3. The molecule has 4 aromatic rings. The molecule has 2 amide bonds. The summed E-state index contributed by atoms with van der Waals surface area (Å²) in [6, 6.07) is 25.5. The van der Waals surface area contributed by atoms with Crippen LogP contribution in [0.3, 0.4) is 0 Å². The van der Waals surface area contributed by atoms with Crippen molar-refractivity contribution in [2.24, 2.45) is 16.5 Å². The molecule has 7 nitrogen and oxygen atoms in total. The van der Waals surface area contributed by atoms with Crippen LogP contribution in [0.15, 0.2) is 83.9 Å². The maximum absolute atomic E-state index is 13.8. The van der Waals surface area contributed by atoms with Gasteiger partial charge in [0, 0.05) is 41.6 Å². The molecule has 3 aromatic carbocycles. The molecule has 2 atom stereocenters. The van der Waals surface area contributed by atoms with Crippen molar-refractivity contribution in [1.82, 2.24) is 9.80 Å². The van der Waals surface area contributed by atoms with E-state index >= 15 is 0 Å². The second-order valence-corrected chi connectivity index (χ2v) is 12.0. The van der Waals surface area contributed by atoms with Crippen molar-refractivity contribution < 1.29 is 9.59 Å². The second kappa shape index (κ2) is 12.7. The molecule has 1 aliphatic rings. The molecule has 1 aliphatic heterocycles. The van der Waals surface area contributed by atoms with E-state index in [0.29, 0.717) is 48.8 Å². The van der Waals surface area contributed by atoms with Crippen molar-refractivity contribution in [2.75, 3.05) is 19.6 Å². The van der Waals surface area contributed by atoms with E-state index < -0.39 is 0 Å². The van der Waals surface area contributed by atoms with Crippen LogP contribution in [0.4, 0.5) is 0 Å². The highest BCUT2D eigenvalue weighted by atomic mass is 35.5. The van der Waals surface area contributed by atoms with Gasteiger partial charge in [0.1, 0.15) is 0 Å². The van der Waals surface area contributed by atoms with Crippen molar-refractivity contribution in [2.45, 2.75) is 38.3 Å². The minimum atomic E-state index is -0.144. The lowest BCUT2D eigenvalue weighted by molar-refractivity contribution is -0.136. The fourth-order valence-electron chi connectivity index (χ4n) is 5.40. The number of thiophene rings is 1. The van der Waals surface area contributed by atoms with Crippen LogP contribution in [0.1, 0.15) is 35.0 Å². The molecule has 0 bridgehead atoms. The van der Waals surface area contributed by atoms with E-state index in [2.05, 4.69) is 29.3 Å². The monoisotopic (exact) mass is 587 g/mol. The highest BCUT2D eigenvalue weighted by Gasteiger charge is 2.37. The SMILES string of the molecule is CC1CN(C(=O)c2ccc(-c3ccc(Cl)cc3)s2)C(CCCN=C(N)N)CN1C(=O)Cc1ccc2ccccc2c1. The van der Waals surface area contributed by atoms with Gasteiger partial charge in [0.05, 0.1) is 11.3 Å². The number of rotatable bonds is 8. The Morgan fingerprint density at radius 3 is 2.46 bits per heavy atom. The number of piperazine rings is 1. The Kier molecular flexibility index (Phi) is 8.90. The fraction of sp³-hybridized carbons (Fsp3) is 0.281. The van der Waals surface area contributed by atoms with E-state index in [4.69, 9.17) is 23.1 Å². The Labute approximate surface area is 249 Å². The number of carbonyl (C=O) groups is 2. The van der Waals surface area contributed by atoms with Gasteiger partial charge in [-0.2, -0.15) is 0 Å². The molecular weight excluding hydrogens is 554 g/mol. The van der Waals surface area contributed by atoms with Gasteiger partial charge >= 0.3 is 0 Å². The van der Waals surface area contributed by atoms with Crippen LogP contribution in [0.25, 0.3) is 21.2 Å². The number of guanidine groups is 1. The van der Waals surface area contributed by atoms with Crippen molar-refractivity contribution in [3.8, 4) is 10.4 Å². The van der Waals surface area contributed by atoms with Crippen LogP contribution < -0.4 is 11.5 Å². The first kappa shape index (κ1) is 28.6. The first-order valence-corrected chi connectivity index (χ1v) is 15.0. The third kappa shape index (κ3) is 6.89. The van der Waals surface area contributed by atoms with Crippen molar-refractivity contribution >= 4 is 51.5 Å². The highest BCUT2D eigenvalue weighted by Crippen LogP contribution is 2.31. The van der Waals surface area contributed by atoms with Gasteiger partial charge in [-0.3, -0.25) is 14.6 Å². The largest absolute Gasteiger partial charge is 0.370 e. The molecule has 0 spiro atoms.